The molecule has 1 saturated carbocycles. The van der Waals surface area contributed by atoms with Crippen molar-refractivity contribution in [2.24, 2.45) is 5.41 Å². The lowest BCUT2D eigenvalue weighted by Gasteiger charge is -2.16. The highest BCUT2D eigenvalue weighted by Crippen LogP contribution is 2.48. The number of anilines is 2. The topological polar surface area (TPSA) is 98.8 Å². The molecule has 1 fully saturated rings. The molecule has 1 aromatic heterocycles. The monoisotopic (exact) mass is 595 g/mol. The van der Waals surface area contributed by atoms with Crippen molar-refractivity contribution in [2.45, 2.75) is 19.4 Å². The fraction of sp³-hybridized carbons (Fsp3) is 0.147. The van der Waals surface area contributed by atoms with Crippen LogP contribution in [0.1, 0.15) is 18.4 Å². The molecule has 8 nitrogen and oxygen atoms in total. The van der Waals surface area contributed by atoms with Gasteiger partial charge in [-0.05, 0) is 60.9 Å². The van der Waals surface area contributed by atoms with E-state index in [9.17, 15) is 14.0 Å². The van der Waals surface area contributed by atoms with Crippen LogP contribution in [-0.2, 0) is 16.2 Å². The SMILES string of the molecule is COc1cc(OCc2ccccc2)cc2nccc(Oc3ccc(NC(=O)C4(C(=O)Nc5ccc(F)cc5)CC4)cc3F)c12. The van der Waals surface area contributed by atoms with Crippen LogP contribution in [0.5, 0.6) is 23.0 Å². The van der Waals surface area contributed by atoms with Crippen LogP contribution < -0.4 is 24.8 Å². The lowest BCUT2D eigenvalue weighted by atomic mass is 10.0. The zero-order chi connectivity index (χ0) is 30.7. The third-order valence-corrected chi connectivity index (χ3v) is 7.34. The Labute approximate surface area is 251 Å². The molecule has 4 aromatic carbocycles. The summed E-state index contributed by atoms with van der Waals surface area (Å²) < 4.78 is 45.9. The van der Waals surface area contributed by atoms with E-state index in [2.05, 4.69) is 15.6 Å². The van der Waals surface area contributed by atoms with Gasteiger partial charge in [0.2, 0.25) is 11.8 Å². The van der Waals surface area contributed by atoms with Crippen LogP contribution in [0, 0.1) is 17.0 Å². The first-order valence-corrected chi connectivity index (χ1v) is 13.8. The van der Waals surface area contributed by atoms with Gasteiger partial charge < -0.3 is 24.8 Å². The zero-order valence-corrected chi connectivity index (χ0v) is 23.6. The molecular weight excluding hydrogens is 568 g/mol. The van der Waals surface area contributed by atoms with Crippen molar-refractivity contribution >= 4 is 34.1 Å². The third kappa shape index (κ3) is 6.00. The second kappa shape index (κ2) is 12.0. The lowest BCUT2D eigenvalue weighted by Crippen LogP contribution is -2.35. The number of amides is 2. The van der Waals surface area contributed by atoms with Gasteiger partial charge in [-0.2, -0.15) is 0 Å². The molecule has 6 rings (SSSR count). The van der Waals surface area contributed by atoms with Crippen LogP contribution in [0.2, 0.25) is 0 Å². The first-order chi connectivity index (χ1) is 21.3. The van der Waals surface area contributed by atoms with Crippen molar-refractivity contribution in [1.82, 2.24) is 4.98 Å². The minimum absolute atomic E-state index is 0.0860. The van der Waals surface area contributed by atoms with Gasteiger partial charge in [0.25, 0.3) is 0 Å². The molecule has 1 heterocycles. The standard InChI is InChI=1S/C34H27F2N3O5/c1-42-30-19-25(43-20-21-5-3-2-4-6-21)18-27-31(30)29(13-16-37-27)44-28-12-11-24(17-26(28)36)39-33(41)34(14-15-34)32(40)38-23-9-7-22(35)8-10-23/h2-13,16-19H,14-15,20H2,1H3,(H,38,40)(H,39,41). The molecule has 0 atom stereocenters. The molecule has 5 aromatic rings. The smallest absolute Gasteiger partial charge is 0.240 e. The maximum absolute atomic E-state index is 15.2. The van der Waals surface area contributed by atoms with Crippen LogP contribution in [0.3, 0.4) is 0 Å². The number of aromatic nitrogens is 1. The molecule has 1 aliphatic carbocycles. The highest BCUT2D eigenvalue weighted by molar-refractivity contribution is 6.16. The molecule has 0 unspecified atom stereocenters. The van der Waals surface area contributed by atoms with Gasteiger partial charge in [-0.15, -0.1) is 0 Å². The van der Waals surface area contributed by atoms with Crippen LogP contribution in [0.25, 0.3) is 10.9 Å². The van der Waals surface area contributed by atoms with E-state index in [1.54, 1.807) is 18.2 Å². The molecule has 0 aliphatic heterocycles. The minimum Gasteiger partial charge on any atom is -0.496 e. The van der Waals surface area contributed by atoms with E-state index in [0.717, 1.165) is 11.6 Å². The predicted octanol–water partition coefficient (Wildman–Crippen LogP) is 7.25. The van der Waals surface area contributed by atoms with Crippen LogP contribution in [-0.4, -0.2) is 23.9 Å². The number of pyridine rings is 1. The summed E-state index contributed by atoms with van der Waals surface area (Å²) in [5.74, 6) is -1.01. The summed E-state index contributed by atoms with van der Waals surface area (Å²) in [7, 11) is 1.51. The number of ether oxygens (including phenoxy) is 3. The molecule has 10 heteroatoms. The maximum Gasteiger partial charge on any atom is 0.240 e. The second-order valence-corrected chi connectivity index (χ2v) is 10.3. The maximum atomic E-state index is 15.2. The quantitative estimate of drug-likeness (QED) is 0.165. The highest BCUT2D eigenvalue weighted by atomic mass is 19.1. The lowest BCUT2D eigenvalue weighted by molar-refractivity contribution is -0.131. The van der Waals surface area contributed by atoms with E-state index < -0.39 is 28.9 Å². The van der Waals surface area contributed by atoms with Crippen LogP contribution in [0.15, 0.2) is 97.2 Å². The third-order valence-electron chi connectivity index (χ3n) is 7.34. The first kappa shape index (κ1) is 28.6. The molecule has 44 heavy (non-hydrogen) atoms. The van der Waals surface area contributed by atoms with Gasteiger partial charge >= 0.3 is 0 Å². The number of hydrogen-bond donors (Lipinski definition) is 2. The fourth-order valence-electron chi connectivity index (χ4n) is 4.76. The van der Waals surface area contributed by atoms with E-state index >= 15 is 4.39 Å². The molecule has 0 radical (unpaired) electrons. The van der Waals surface area contributed by atoms with Gasteiger partial charge in [-0.25, -0.2) is 8.78 Å². The number of rotatable bonds is 10. The average Bonchev–Trinajstić information content (AvgIpc) is 3.85. The highest BCUT2D eigenvalue weighted by Gasteiger charge is 2.56. The van der Waals surface area contributed by atoms with Gasteiger partial charge in [-0.1, -0.05) is 30.3 Å². The van der Waals surface area contributed by atoms with Gasteiger partial charge in [0, 0.05) is 35.8 Å². The van der Waals surface area contributed by atoms with Crippen molar-refractivity contribution in [1.29, 1.82) is 0 Å². The van der Waals surface area contributed by atoms with Crippen molar-refractivity contribution in [2.75, 3.05) is 17.7 Å². The zero-order valence-electron chi connectivity index (χ0n) is 23.6. The van der Waals surface area contributed by atoms with Gasteiger partial charge in [-0.3, -0.25) is 14.6 Å². The summed E-state index contributed by atoms with van der Waals surface area (Å²) in [5.41, 5.74) is 0.795. The summed E-state index contributed by atoms with van der Waals surface area (Å²) in [5, 5.41) is 5.80. The first-order valence-electron chi connectivity index (χ1n) is 13.8. The number of nitrogens with one attached hydrogen (secondary N) is 2. The molecular formula is C34H27F2N3O5. The van der Waals surface area contributed by atoms with E-state index in [1.165, 1.54) is 49.7 Å². The number of carbonyl (C=O) groups is 2. The number of methoxy groups -OCH3 is 1. The fourth-order valence-corrected chi connectivity index (χ4v) is 4.76. The Hall–Kier alpha value is -5.51. The summed E-state index contributed by atoms with van der Waals surface area (Å²) in [4.78, 5) is 30.3. The van der Waals surface area contributed by atoms with Gasteiger partial charge in [0.05, 0.1) is 18.0 Å². The number of carbonyl (C=O) groups excluding carboxylic acids is 2. The van der Waals surface area contributed by atoms with Crippen molar-refractivity contribution in [3.05, 3.63) is 114 Å². The van der Waals surface area contributed by atoms with Crippen molar-refractivity contribution in [3.63, 3.8) is 0 Å². The Bertz CT molecular complexity index is 1840. The summed E-state index contributed by atoms with van der Waals surface area (Å²) in [6, 6.07) is 24.0. The van der Waals surface area contributed by atoms with Gasteiger partial charge in [0.15, 0.2) is 11.6 Å². The molecule has 0 spiro atoms. The van der Waals surface area contributed by atoms with Gasteiger partial charge in [0.1, 0.15) is 35.1 Å². The largest absolute Gasteiger partial charge is 0.496 e. The second-order valence-electron chi connectivity index (χ2n) is 10.3. The molecule has 0 bridgehead atoms. The Morgan fingerprint density at radius 2 is 1.52 bits per heavy atom. The van der Waals surface area contributed by atoms with E-state index in [0.29, 0.717) is 53.3 Å². The Morgan fingerprint density at radius 3 is 2.20 bits per heavy atom. The Balaban J connectivity index is 1.16. The number of fused-ring (bicyclic) bond motifs is 1. The number of halogens is 2. The minimum atomic E-state index is -1.28. The number of benzene rings is 4. The van der Waals surface area contributed by atoms with E-state index in [-0.39, 0.29) is 11.4 Å². The number of hydrogen-bond acceptors (Lipinski definition) is 6. The average molecular weight is 596 g/mol. The van der Waals surface area contributed by atoms with E-state index in [1.807, 2.05) is 30.3 Å². The molecule has 2 N–H and O–H groups in total. The Kier molecular flexibility index (Phi) is 7.80. The normalized spacial score (nSPS) is 13.2. The summed E-state index contributed by atoms with van der Waals surface area (Å²) in [6.07, 6.45) is 2.22. The van der Waals surface area contributed by atoms with Crippen molar-refractivity contribution < 1.29 is 32.6 Å². The van der Waals surface area contributed by atoms with Crippen molar-refractivity contribution in [3.8, 4) is 23.0 Å². The summed E-state index contributed by atoms with van der Waals surface area (Å²) in [6.45, 7) is 0.361. The Morgan fingerprint density at radius 1 is 0.818 bits per heavy atom. The van der Waals surface area contributed by atoms with Crippen LogP contribution in [0.4, 0.5) is 20.2 Å². The predicted molar refractivity (Wildman–Crippen MR) is 161 cm³/mol. The number of nitrogens with zero attached hydrogens (tertiary/aromatic N) is 1. The summed E-state index contributed by atoms with van der Waals surface area (Å²) >= 11 is 0. The molecule has 1 aliphatic rings. The molecule has 2 amide bonds. The van der Waals surface area contributed by atoms with E-state index in [4.69, 9.17) is 14.2 Å². The molecule has 222 valence electrons. The van der Waals surface area contributed by atoms with Crippen LogP contribution >= 0.6 is 0 Å². The molecule has 0 saturated heterocycles.